The highest BCUT2D eigenvalue weighted by Gasteiger charge is 2.27. The van der Waals surface area contributed by atoms with Gasteiger partial charge in [0, 0.05) is 24.1 Å². The van der Waals surface area contributed by atoms with Gasteiger partial charge in [0.1, 0.15) is 18.1 Å². The molecule has 1 aliphatic heterocycles. The van der Waals surface area contributed by atoms with E-state index in [-0.39, 0.29) is 6.54 Å². The summed E-state index contributed by atoms with van der Waals surface area (Å²) in [6.45, 7) is 0.0898. The Balaban J connectivity index is 1.97. The summed E-state index contributed by atoms with van der Waals surface area (Å²) >= 11 is 0. The number of carbonyl (C=O) groups is 1. The van der Waals surface area contributed by atoms with Gasteiger partial charge in [-0.3, -0.25) is 4.79 Å². The van der Waals surface area contributed by atoms with Crippen LogP contribution in [0.1, 0.15) is 11.3 Å². The minimum atomic E-state index is -0.969. The highest BCUT2D eigenvalue weighted by molar-refractivity contribution is 5.78. The van der Waals surface area contributed by atoms with Crippen molar-refractivity contribution in [2.45, 2.75) is 13.0 Å². The van der Waals surface area contributed by atoms with Crippen molar-refractivity contribution >= 4 is 5.91 Å². The molecule has 3 rings (SSSR count). The first-order valence-electron chi connectivity index (χ1n) is 6.41. The van der Waals surface area contributed by atoms with E-state index in [1.165, 1.54) is 11.0 Å². The first kappa shape index (κ1) is 13.7. The average molecular weight is 294 g/mol. The zero-order valence-corrected chi connectivity index (χ0v) is 11.0. The Labute approximate surface area is 118 Å². The van der Waals surface area contributed by atoms with Crippen molar-refractivity contribution in [2.24, 2.45) is 0 Å². The summed E-state index contributed by atoms with van der Waals surface area (Å²) < 4.78 is 31.5. The molecular formula is C14H12F2N2O3. The van der Waals surface area contributed by atoms with Gasteiger partial charge in [-0.2, -0.15) is 0 Å². The molecule has 2 aromatic rings. The third kappa shape index (κ3) is 2.40. The lowest BCUT2D eigenvalue weighted by molar-refractivity contribution is -0.135. The van der Waals surface area contributed by atoms with Crippen molar-refractivity contribution < 1.29 is 23.2 Å². The van der Waals surface area contributed by atoms with Crippen LogP contribution in [0.25, 0.3) is 11.3 Å². The lowest BCUT2D eigenvalue weighted by Gasteiger charge is -2.25. The Hall–Kier alpha value is -2.28. The van der Waals surface area contributed by atoms with E-state index in [1.54, 1.807) is 0 Å². The van der Waals surface area contributed by atoms with Gasteiger partial charge in [0.2, 0.25) is 5.91 Å². The largest absolute Gasteiger partial charge is 0.387 e. The summed E-state index contributed by atoms with van der Waals surface area (Å²) in [4.78, 5) is 13.0. The highest BCUT2D eigenvalue weighted by atomic mass is 19.2. The number of aromatic nitrogens is 1. The van der Waals surface area contributed by atoms with E-state index < -0.39 is 24.1 Å². The predicted molar refractivity (Wildman–Crippen MR) is 68.1 cm³/mol. The SMILES string of the molecule is O=C(CO)N1CCc2onc(-c3ccc(F)c(F)c3)c2C1. The van der Waals surface area contributed by atoms with E-state index in [4.69, 9.17) is 9.63 Å². The number of rotatable bonds is 2. The quantitative estimate of drug-likeness (QED) is 0.911. The zero-order chi connectivity index (χ0) is 15.0. The Morgan fingerprint density at radius 3 is 2.90 bits per heavy atom. The number of hydrogen-bond acceptors (Lipinski definition) is 4. The first-order chi connectivity index (χ1) is 10.1. The number of fused-ring (bicyclic) bond motifs is 1. The third-order valence-corrected chi connectivity index (χ3v) is 3.51. The molecule has 0 saturated carbocycles. The van der Waals surface area contributed by atoms with Gasteiger partial charge >= 0.3 is 0 Å². The van der Waals surface area contributed by atoms with Crippen LogP contribution in [0.5, 0.6) is 0 Å². The van der Waals surface area contributed by atoms with Crippen molar-refractivity contribution in [3.05, 3.63) is 41.2 Å². The van der Waals surface area contributed by atoms with Crippen molar-refractivity contribution in [1.82, 2.24) is 10.1 Å². The van der Waals surface area contributed by atoms with Crippen LogP contribution in [0.4, 0.5) is 8.78 Å². The molecule has 1 amide bonds. The summed E-state index contributed by atoms with van der Waals surface area (Å²) in [5, 5.41) is 12.8. The molecule has 0 atom stereocenters. The number of benzene rings is 1. The lowest BCUT2D eigenvalue weighted by atomic mass is 10.0. The number of halogens is 2. The van der Waals surface area contributed by atoms with Gasteiger partial charge in [-0.25, -0.2) is 8.78 Å². The molecule has 0 saturated heterocycles. The number of aliphatic hydroxyl groups is 1. The fourth-order valence-electron chi connectivity index (χ4n) is 2.39. The maximum atomic E-state index is 13.3. The minimum Gasteiger partial charge on any atom is -0.387 e. The summed E-state index contributed by atoms with van der Waals surface area (Å²) in [6, 6.07) is 3.47. The zero-order valence-electron chi connectivity index (χ0n) is 11.0. The van der Waals surface area contributed by atoms with Gasteiger partial charge in [0.05, 0.1) is 6.54 Å². The van der Waals surface area contributed by atoms with Crippen LogP contribution in [0, 0.1) is 11.6 Å². The predicted octanol–water partition coefficient (Wildman–Crippen LogP) is 1.50. The van der Waals surface area contributed by atoms with Crippen LogP contribution >= 0.6 is 0 Å². The van der Waals surface area contributed by atoms with E-state index in [0.29, 0.717) is 35.5 Å². The van der Waals surface area contributed by atoms with E-state index >= 15 is 0 Å². The smallest absolute Gasteiger partial charge is 0.248 e. The monoisotopic (exact) mass is 294 g/mol. The van der Waals surface area contributed by atoms with Crippen LogP contribution in [0.15, 0.2) is 22.7 Å². The molecule has 21 heavy (non-hydrogen) atoms. The Kier molecular flexibility index (Phi) is 3.42. The van der Waals surface area contributed by atoms with Gasteiger partial charge in [-0.1, -0.05) is 5.16 Å². The van der Waals surface area contributed by atoms with Crippen LogP contribution in [0.3, 0.4) is 0 Å². The number of amides is 1. The molecule has 5 nitrogen and oxygen atoms in total. The molecule has 110 valence electrons. The number of aliphatic hydroxyl groups excluding tert-OH is 1. The van der Waals surface area contributed by atoms with Crippen molar-refractivity contribution in [2.75, 3.05) is 13.2 Å². The molecule has 1 aromatic carbocycles. The molecule has 0 spiro atoms. The van der Waals surface area contributed by atoms with Crippen molar-refractivity contribution in [3.8, 4) is 11.3 Å². The standard InChI is InChI=1S/C14H12F2N2O3/c15-10-2-1-8(5-11(10)16)14-9-6-18(13(20)7-19)4-3-12(9)21-17-14/h1-2,5,19H,3-4,6-7H2. The maximum absolute atomic E-state index is 13.3. The van der Waals surface area contributed by atoms with Gasteiger partial charge in [0.15, 0.2) is 11.6 Å². The highest BCUT2D eigenvalue weighted by Crippen LogP contribution is 2.30. The molecule has 0 bridgehead atoms. The second-order valence-corrected chi connectivity index (χ2v) is 4.79. The summed E-state index contributed by atoms with van der Waals surface area (Å²) in [5.41, 5.74) is 1.44. The van der Waals surface area contributed by atoms with E-state index in [9.17, 15) is 13.6 Å². The van der Waals surface area contributed by atoms with Crippen molar-refractivity contribution in [3.63, 3.8) is 0 Å². The second kappa shape index (κ2) is 5.25. The topological polar surface area (TPSA) is 66.6 Å². The van der Waals surface area contributed by atoms with Crippen LogP contribution in [-0.2, 0) is 17.8 Å². The van der Waals surface area contributed by atoms with Gasteiger partial charge in [-0.05, 0) is 18.2 Å². The minimum absolute atomic E-state index is 0.229. The van der Waals surface area contributed by atoms with Crippen LogP contribution in [0.2, 0.25) is 0 Å². The Bertz CT molecular complexity index is 700. The molecule has 1 aliphatic rings. The molecule has 0 unspecified atom stereocenters. The fraction of sp³-hybridized carbons (Fsp3) is 0.286. The summed E-state index contributed by atoms with van der Waals surface area (Å²) in [5.74, 6) is -1.67. The Morgan fingerprint density at radius 1 is 1.38 bits per heavy atom. The van der Waals surface area contributed by atoms with E-state index in [0.717, 1.165) is 12.1 Å². The van der Waals surface area contributed by atoms with E-state index in [2.05, 4.69) is 5.16 Å². The molecule has 7 heteroatoms. The lowest BCUT2D eigenvalue weighted by Crippen LogP contribution is -2.37. The maximum Gasteiger partial charge on any atom is 0.248 e. The average Bonchev–Trinajstić information content (AvgIpc) is 2.92. The molecule has 0 fully saturated rings. The van der Waals surface area contributed by atoms with Crippen molar-refractivity contribution in [1.29, 1.82) is 0 Å². The van der Waals surface area contributed by atoms with Gasteiger partial charge < -0.3 is 14.5 Å². The number of hydrogen-bond donors (Lipinski definition) is 1. The number of nitrogens with zero attached hydrogens (tertiary/aromatic N) is 2. The Morgan fingerprint density at radius 2 is 2.19 bits per heavy atom. The molecule has 1 N–H and O–H groups in total. The molecule has 0 radical (unpaired) electrons. The van der Waals surface area contributed by atoms with Crippen LogP contribution in [-0.4, -0.2) is 34.2 Å². The van der Waals surface area contributed by atoms with E-state index in [1.807, 2.05) is 0 Å². The van der Waals surface area contributed by atoms with Crippen LogP contribution < -0.4 is 0 Å². The molecular weight excluding hydrogens is 282 g/mol. The van der Waals surface area contributed by atoms with Gasteiger partial charge in [-0.15, -0.1) is 0 Å². The fourth-order valence-corrected chi connectivity index (χ4v) is 2.39. The second-order valence-electron chi connectivity index (χ2n) is 4.79. The molecule has 0 aliphatic carbocycles. The molecule has 2 heterocycles. The van der Waals surface area contributed by atoms with Gasteiger partial charge in [0.25, 0.3) is 0 Å². The first-order valence-corrected chi connectivity index (χ1v) is 6.41. The number of carbonyl (C=O) groups excluding carboxylic acids is 1. The summed E-state index contributed by atoms with van der Waals surface area (Å²) in [6.07, 6.45) is 0.470. The molecule has 1 aromatic heterocycles. The normalized spacial score (nSPS) is 14.1. The third-order valence-electron chi connectivity index (χ3n) is 3.51. The summed E-state index contributed by atoms with van der Waals surface area (Å²) in [7, 11) is 0.